The molecule has 0 saturated heterocycles. The molecule has 0 atom stereocenters. The number of nitrogens with one attached hydrogen (secondary N) is 1. The highest BCUT2D eigenvalue weighted by atomic mass is 19.1. The summed E-state index contributed by atoms with van der Waals surface area (Å²) in [4.78, 5) is 19.4. The second-order valence-corrected chi connectivity index (χ2v) is 3.13. The van der Waals surface area contributed by atoms with Crippen LogP contribution < -0.4 is 5.48 Å². The number of pyridine rings is 1. The summed E-state index contributed by atoms with van der Waals surface area (Å²) in [5.41, 5.74) is 2.02. The van der Waals surface area contributed by atoms with E-state index in [1.165, 1.54) is 0 Å². The molecule has 0 spiro atoms. The van der Waals surface area contributed by atoms with Crippen molar-refractivity contribution < 1.29 is 18.4 Å². The van der Waals surface area contributed by atoms with Crippen molar-refractivity contribution in [2.24, 2.45) is 0 Å². The lowest BCUT2D eigenvalue weighted by Gasteiger charge is -2.04. The number of aromatic nitrogens is 1. The van der Waals surface area contributed by atoms with Crippen LogP contribution in [0.1, 0.15) is 19.0 Å². The molecule has 0 unspecified atom stereocenters. The minimum atomic E-state index is -0.842. The summed E-state index contributed by atoms with van der Waals surface area (Å²) in [6.07, 6.45) is 1.33. The van der Waals surface area contributed by atoms with Gasteiger partial charge in [0, 0.05) is 6.07 Å². The molecule has 1 rings (SSSR count). The number of carbonyl (C=O) groups excluding carboxylic acids is 1. The van der Waals surface area contributed by atoms with E-state index in [1.807, 2.05) is 6.92 Å². The number of hydrogen-bond donors (Lipinski definition) is 1. The Morgan fingerprint density at radius 1 is 1.56 bits per heavy atom. The Kier molecular flexibility index (Phi) is 4.78. The van der Waals surface area contributed by atoms with Gasteiger partial charge < -0.3 is 0 Å². The Morgan fingerprint density at radius 2 is 2.31 bits per heavy atom. The molecule has 16 heavy (non-hydrogen) atoms. The molecule has 1 aromatic heterocycles. The third-order valence-corrected chi connectivity index (χ3v) is 1.70. The maximum absolute atomic E-state index is 13.1. The van der Waals surface area contributed by atoms with Crippen LogP contribution >= 0.6 is 0 Å². The molecule has 1 aromatic rings. The summed E-state index contributed by atoms with van der Waals surface area (Å²) >= 11 is 0. The summed E-state index contributed by atoms with van der Waals surface area (Å²) < 4.78 is 25.6. The maximum atomic E-state index is 13.1. The summed E-state index contributed by atoms with van der Waals surface area (Å²) in [5.74, 6) is -2.14. The number of rotatable bonds is 5. The van der Waals surface area contributed by atoms with Crippen molar-refractivity contribution in [3.05, 3.63) is 29.6 Å². The number of hydroxylamine groups is 1. The van der Waals surface area contributed by atoms with Crippen molar-refractivity contribution in [2.75, 3.05) is 6.61 Å². The molecule has 4 nitrogen and oxygen atoms in total. The monoisotopic (exact) mass is 230 g/mol. The van der Waals surface area contributed by atoms with Crippen LogP contribution in [0.25, 0.3) is 0 Å². The zero-order chi connectivity index (χ0) is 12.0. The average molecular weight is 230 g/mol. The minimum absolute atomic E-state index is 0.112. The van der Waals surface area contributed by atoms with E-state index in [1.54, 1.807) is 0 Å². The fourth-order valence-corrected chi connectivity index (χ4v) is 0.995. The summed E-state index contributed by atoms with van der Waals surface area (Å²) in [6, 6.07) is 0.683. The molecular formula is C10H12F2N2O2. The number of halogens is 2. The van der Waals surface area contributed by atoms with E-state index in [2.05, 4.69) is 10.5 Å². The Morgan fingerprint density at radius 3 is 2.94 bits per heavy atom. The average Bonchev–Trinajstić information content (AvgIpc) is 2.23. The van der Waals surface area contributed by atoms with Crippen LogP contribution in [-0.2, 0) is 16.1 Å². The van der Waals surface area contributed by atoms with E-state index in [0.29, 0.717) is 12.7 Å². The fraction of sp³-hybridized carbons (Fsp3) is 0.400. The lowest BCUT2D eigenvalue weighted by Crippen LogP contribution is -2.26. The molecule has 0 fully saturated rings. The van der Waals surface area contributed by atoms with Crippen molar-refractivity contribution in [3.8, 4) is 0 Å². The van der Waals surface area contributed by atoms with Gasteiger partial charge in [0.2, 0.25) is 5.91 Å². The summed E-state index contributed by atoms with van der Waals surface area (Å²) in [7, 11) is 0. The first-order valence-electron chi connectivity index (χ1n) is 4.84. The van der Waals surface area contributed by atoms with E-state index < -0.39 is 17.5 Å². The van der Waals surface area contributed by atoms with Crippen molar-refractivity contribution >= 4 is 5.91 Å². The van der Waals surface area contributed by atoms with Gasteiger partial charge in [-0.2, -0.15) is 0 Å². The quantitative estimate of drug-likeness (QED) is 0.613. The third-order valence-electron chi connectivity index (χ3n) is 1.70. The minimum Gasteiger partial charge on any atom is -0.274 e. The lowest BCUT2D eigenvalue weighted by atomic mass is 10.2. The van der Waals surface area contributed by atoms with Gasteiger partial charge in [-0.15, -0.1) is 0 Å². The first-order chi connectivity index (χ1) is 7.63. The number of nitrogens with zero attached hydrogens (tertiary/aromatic N) is 1. The van der Waals surface area contributed by atoms with E-state index in [-0.39, 0.29) is 12.1 Å². The van der Waals surface area contributed by atoms with Crippen LogP contribution in [-0.4, -0.2) is 17.5 Å². The largest absolute Gasteiger partial charge is 0.274 e. The standard InChI is InChI=1S/C10H12F2N2O2/c1-2-3-16-14-10(15)5-9-8(12)4-7(11)6-13-9/h4,6H,2-3,5H2,1H3,(H,14,15). The van der Waals surface area contributed by atoms with Gasteiger partial charge in [0.15, 0.2) is 0 Å². The van der Waals surface area contributed by atoms with Gasteiger partial charge in [-0.25, -0.2) is 14.3 Å². The van der Waals surface area contributed by atoms with Crippen molar-refractivity contribution in [1.82, 2.24) is 10.5 Å². The molecule has 0 aromatic carbocycles. The molecule has 1 amide bonds. The van der Waals surface area contributed by atoms with E-state index in [4.69, 9.17) is 4.84 Å². The molecule has 88 valence electrons. The highest BCUT2D eigenvalue weighted by molar-refractivity contribution is 5.77. The SMILES string of the molecule is CCCONC(=O)Cc1ncc(F)cc1F. The maximum Gasteiger partial charge on any atom is 0.249 e. The van der Waals surface area contributed by atoms with Crippen LogP contribution in [0, 0.1) is 11.6 Å². The zero-order valence-corrected chi connectivity index (χ0v) is 8.80. The predicted octanol–water partition coefficient (Wildman–Crippen LogP) is 1.36. The molecule has 0 aliphatic carbocycles. The topological polar surface area (TPSA) is 51.2 Å². The molecule has 1 heterocycles. The van der Waals surface area contributed by atoms with Crippen LogP contribution in [0.15, 0.2) is 12.3 Å². The van der Waals surface area contributed by atoms with E-state index in [9.17, 15) is 13.6 Å². The number of amides is 1. The van der Waals surface area contributed by atoms with Crippen LogP contribution in [0.4, 0.5) is 8.78 Å². The highest BCUT2D eigenvalue weighted by Crippen LogP contribution is 2.06. The molecule has 0 saturated carbocycles. The molecular weight excluding hydrogens is 218 g/mol. The number of carbonyl (C=O) groups is 1. The van der Waals surface area contributed by atoms with Gasteiger partial charge in [-0.1, -0.05) is 6.92 Å². The second kappa shape index (κ2) is 6.12. The Bertz CT molecular complexity index is 372. The summed E-state index contributed by atoms with van der Waals surface area (Å²) in [5, 5.41) is 0. The number of hydrogen-bond acceptors (Lipinski definition) is 3. The third kappa shape index (κ3) is 3.90. The fourth-order valence-electron chi connectivity index (χ4n) is 0.995. The second-order valence-electron chi connectivity index (χ2n) is 3.13. The van der Waals surface area contributed by atoms with Crippen LogP contribution in [0.3, 0.4) is 0 Å². The van der Waals surface area contributed by atoms with E-state index in [0.717, 1.165) is 12.6 Å². The van der Waals surface area contributed by atoms with Gasteiger partial charge in [0.25, 0.3) is 0 Å². The Balaban J connectivity index is 2.49. The van der Waals surface area contributed by atoms with Crippen LogP contribution in [0.5, 0.6) is 0 Å². The van der Waals surface area contributed by atoms with Gasteiger partial charge in [0.05, 0.1) is 24.9 Å². The van der Waals surface area contributed by atoms with Crippen LogP contribution in [0.2, 0.25) is 0 Å². The van der Waals surface area contributed by atoms with Crippen molar-refractivity contribution in [3.63, 3.8) is 0 Å². The first-order valence-corrected chi connectivity index (χ1v) is 4.84. The highest BCUT2D eigenvalue weighted by Gasteiger charge is 2.10. The van der Waals surface area contributed by atoms with Crippen molar-refractivity contribution in [2.45, 2.75) is 19.8 Å². The molecule has 0 bridgehead atoms. The molecule has 6 heteroatoms. The Labute approximate surface area is 91.6 Å². The van der Waals surface area contributed by atoms with Gasteiger partial charge in [0.1, 0.15) is 11.6 Å². The molecule has 1 N–H and O–H groups in total. The van der Waals surface area contributed by atoms with E-state index >= 15 is 0 Å². The Hall–Kier alpha value is -1.56. The van der Waals surface area contributed by atoms with Gasteiger partial charge in [-0.3, -0.25) is 14.6 Å². The first kappa shape index (κ1) is 12.5. The zero-order valence-electron chi connectivity index (χ0n) is 8.80. The lowest BCUT2D eigenvalue weighted by molar-refractivity contribution is -0.132. The molecule has 0 aliphatic rings. The van der Waals surface area contributed by atoms with Gasteiger partial charge in [-0.05, 0) is 6.42 Å². The molecule has 0 radical (unpaired) electrons. The molecule has 0 aliphatic heterocycles. The smallest absolute Gasteiger partial charge is 0.249 e. The summed E-state index contributed by atoms with van der Waals surface area (Å²) in [6.45, 7) is 2.26. The normalized spacial score (nSPS) is 10.2. The van der Waals surface area contributed by atoms with Gasteiger partial charge >= 0.3 is 0 Å². The predicted molar refractivity (Wildman–Crippen MR) is 52.2 cm³/mol. The van der Waals surface area contributed by atoms with Crippen molar-refractivity contribution in [1.29, 1.82) is 0 Å².